The fourth-order valence-electron chi connectivity index (χ4n) is 4.15. The first-order chi connectivity index (χ1) is 12.8. The van der Waals surface area contributed by atoms with E-state index in [1.54, 1.807) is 6.33 Å². The van der Waals surface area contributed by atoms with Crippen LogP contribution in [0.5, 0.6) is 0 Å². The van der Waals surface area contributed by atoms with E-state index < -0.39 is 0 Å². The van der Waals surface area contributed by atoms with E-state index in [0.717, 1.165) is 42.6 Å². The van der Waals surface area contributed by atoms with Gasteiger partial charge >= 0.3 is 0 Å². The molecular formula is C20H27N5O. The molecule has 0 aromatic carbocycles. The Kier molecular flexibility index (Phi) is 4.15. The Balaban J connectivity index is 1.21. The SMILES string of the molecule is Cc1cc(N(C2CC2)C2CCN(Cc3cc(C4CC4)on3)CC2)ncn1. The van der Waals surface area contributed by atoms with Gasteiger partial charge in [0, 0.05) is 55.5 Å². The molecule has 3 fully saturated rings. The minimum Gasteiger partial charge on any atom is -0.361 e. The number of hydrogen-bond donors (Lipinski definition) is 0. The van der Waals surface area contributed by atoms with Crippen LogP contribution in [0.2, 0.25) is 0 Å². The van der Waals surface area contributed by atoms with Gasteiger partial charge in [0.05, 0.1) is 5.69 Å². The molecule has 3 heterocycles. The lowest BCUT2D eigenvalue weighted by Gasteiger charge is -2.39. The van der Waals surface area contributed by atoms with Gasteiger partial charge in [0.2, 0.25) is 0 Å². The Morgan fingerprint density at radius 3 is 2.50 bits per heavy atom. The highest BCUT2D eigenvalue weighted by molar-refractivity contribution is 5.43. The number of nitrogens with zero attached hydrogens (tertiary/aromatic N) is 5. The van der Waals surface area contributed by atoms with Crippen molar-refractivity contribution >= 4 is 5.82 Å². The minimum absolute atomic E-state index is 0.590. The molecule has 0 amide bonds. The number of anilines is 1. The monoisotopic (exact) mass is 353 g/mol. The number of piperidine rings is 1. The molecule has 0 spiro atoms. The molecule has 0 atom stereocenters. The zero-order valence-corrected chi connectivity index (χ0v) is 15.5. The van der Waals surface area contributed by atoms with E-state index >= 15 is 0 Å². The van der Waals surface area contributed by atoms with E-state index in [2.05, 4.69) is 37.1 Å². The number of likely N-dealkylation sites (tertiary alicyclic amines) is 1. The number of hydrogen-bond acceptors (Lipinski definition) is 6. The van der Waals surface area contributed by atoms with Crippen LogP contribution >= 0.6 is 0 Å². The first-order valence-corrected chi connectivity index (χ1v) is 10.0. The van der Waals surface area contributed by atoms with Crippen LogP contribution in [0.4, 0.5) is 5.82 Å². The summed E-state index contributed by atoms with van der Waals surface area (Å²) in [6.07, 6.45) is 9.20. The average Bonchev–Trinajstić information content (AvgIpc) is 3.57. The third-order valence-corrected chi connectivity index (χ3v) is 5.89. The summed E-state index contributed by atoms with van der Waals surface area (Å²) in [5, 5.41) is 4.28. The van der Waals surface area contributed by atoms with Gasteiger partial charge in [-0.3, -0.25) is 4.90 Å². The van der Waals surface area contributed by atoms with E-state index in [1.165, 1.54) is 38.5 Å². The molecule has 138 valence electrons. The fraction of sp³-hybridized carbons (Fsp3) is 0.650. The van der Waals surface area contributed by atoms with Crippen molar-refractivity contribution in [2.75, 3.05) is 18.0 Å². The van der Waals surface area contributed by atoms with E-state index in [1.807, 2.05) is 6.92 Å². The maximum Gasteiger partial charge on any atom is 0.140 e. The summed E-state index contributed by atoms with van der Waals surface area (Å²) in [7, 11) is 0. The average molecular weight is 353 g/mol. The molecule has 3 aliphatic rings. The van der Waals surface area contributed by atoms with Crippen LogP contribution in [0.1, 0.15) is 61.6 Å². The topological polar surface area (TPSA) is 58.3 Å². The van der Waals surface area contributed by atoms with Crippen LogP contribution in [0, 0.1) is 6.92 Å². The summed E-state index contributed by atoms with van der Waals surface area (Å²) in [6, 6.07) is 5.58. The van der Waals surface area contributed by atoms with Crippen molar-refractivity contribution in [2.24, 2.45) is 0 Å². The van der Waals surface area contributed by atoms with Gasteiger partial charge in [-0.05, 0) is 45.4 Å². The maximum absolute atomic E-state index is 5.50. The van der Waals surface area contributed by atoms with Crippen LogP contribution < -0.4 is 4.90 Å². The standard InChI is InChI=1S/C20H27N5O/c1-14-10-20(22-13-21-14)25(17-4-5-17)18-6-8-24(9-7-18)12-16-11-19(26-23-16)15-2-3-15/h10-11,13,15,17-18H,2-9,12H2,1H3. The van der Waals surface area contributed by atoms with Gasteiger partial charge in [-0.1, -0.05) is 5.16 Å². The normalized spacial score (nSPS) is 21.9. The van der Waals surface area contributed by atoms with Crippen molar-refractivity contribution in [1.82, 2.24) is 20.0 Å². The van der Waals surface area contributed by atoms with Crippen LogP contribution in [0.15, 0.2) is 23.0 Å². The Morgan fingerprint density at radius 2 is 1.81 bits per heavy atom. The smallest absolute Gasteiger partial charge is 0.140 e. The van der Waals surface area contributed by atoms with Crippen molar-refractivity contribution in [2.45, 2.75) is 70.0 Å². The maximum atomic E-state index is 5.50. The van der Waals surface area contributed by atoms with Crippen LogP contribution in [-0.2, 0) is 6.54 Å². The fourth-order valence-corrected chi connectivity index (χ4v) is 4.15. The molecule has 1 aliphatic heterocycles. The van der Waals surface area contributed by atoms with Gasteiger partial charge in [0.1, 0.15) is 17.9 Å². The van der Waals surface area contributed by atoms with Crippen LogP contribution in [-0.4, -0.2) is 45.2 Å². The molecule has 2 aromatic heterocycles. The van der Waals surface area contributed by atoms with Gasteiger partial charge in [-0.15, -0.1) is 0 Å². The van der Waals surface area contributed by atoms with Crippen molar-refractivity contribution in [1.29, 1.82) is 0 Å². The largest absolute Gasteiger partial charge is 0.361 e. The zero-order chi connectivity index (χ0) is 17.5. The summed E-state index contributed by atoms with van der Waals surface area (Å²) in [6.45, 7) is 5.19. The predicted octanol–water partition coefficient (Wildman–Crippen LogP) is 3.28. The van der Waals surface area contributed by atoms with Crippen LogP contribution in [0.25, 0.3) is 0 Å². The number of aryl methyl sites for hydroxylation is 1. The lowest BCUT2D eigenvalue weighted by molar-refractivity contribution is 0.195. The lowest BCUT2D eigenvalue weighted by Crippen LogP contribution is -2.46. The molecule has 0 N–H and O–H groups in total. The first-order valence-electron chi connectivity index (χ1n) is 10.0. The molecule has 0 bridgehead atoms. The second kappa shape index (κ2) is 6.65. The molecule has 26 heavy (non-hydrogen) atoms. The summed E-state index contributed by atoms with van der Waals surface area (Å²) >= 11 is 0. The molecule has 5 rings (SSSR count). The third-order valence-electron chi connectivity index (χ3n) is 5.89. The molecule has 2 saturated carbocycles. The van der Waals surface area contributed by atoms with Gasteiger partial charge in [-0.25, -0.2) is 9.97 Å². The Bertz CT molecular complexity index is 759. The van der Waals surface area contributed by atoms with E-state index in [-0.39, 0.29) is 0 Å². The van der Waals surface area contributed by atoms with Gasteiger partial charge in [-0.2, -0.15) is 0 Å². The molecule has 1 saturated heterocycles. The van der Waals surface area contributed by atoms with Gasteiger partial charge in [0.25, 0.3) is 0 Å². The zero-order valence-electron chi connectivity index (χ0n) is 15.5. The highest BCUT2D eigenvalue weighted by atomic mass is 16.5. The van der Waals surface area contributed by atoms with Crippen molar-refractivity contribution in [3.63, 3.8) is 0 Å². The second-order valence-corrected chi connectivity index (χ2v) is 8.16. The number of aromatic nitrogens is 3. The Morgan fingerprint density at radius 1 is 1.04 bits per heavy atom. The molecular weight excluding hydrogens is 326 g/mol. The van der Waals surface area contributed by atoms with Crippen LogP contribution in [0.3, 0.4) is 0 Å². The molecule has 6 nitrogen and oxygen atoms in total. The molecule has 6 heteroatoms. The lowest BCUT2D eigenvalue weighted by atomic mass is 10.0. The predicted molar refractivity (Wildman–Crippen MR) is 99.0 cm³/mol. The minimum atomic E-state index is 0.590. The first kappa shape index (κ1) is 16.2. The van der Waals surface area contributed by atoms with Crippen molar-refractivity contribution in [3.05, 3.63) is 35.6 Å². The summed E-state index contributed by atoms with van der Waals surface area (Å²) in [5.74, 6) is 2.85. The summed E-state index contributed by atoms with van der Waals surface area (Å²) < 4.78 is 5.50. The van der Waals surface area contributed by atoms with Gasteiger partial charge < -0.3 is 9.42 Å². The summed E-state index contributed by atoms with van der Waals surface area (Å²) in [5.41, 5.74) is 2.14. The summed E-state index contributed by atoms with van der Waals surface area (Å²) in [4.78, 5) is 13.9. The highest BCUT2D eigenvalue weighted by Gasteiger charge is 2.36. The molecule has 0 radical (unpaired) electrons. The third kappa shape index (κ3) is 3.47. The molecule has 2 aliphatic carbocycles. The van der Waals surface area contributed by atoms with Crippen molar-refractivity contribution < 1.29 is 4.52 Å². The highest BCUT2D eigenvalue weighted by Crippen LogP contribution is 2.40. The van der Waals surface area contributed by atoms with E-state index in [4.69, 9.17) is 4.52 Å². The van der Waals surface area contributed by atoms with Crippen molar-refractivity contribution in [3.8, 4) is 0 Å². The number of rotatable bonds is 6. The van der Waals surface area contributed by atoms with E-state index in [9.17, 15) is 0 Å². The molecule has 2 aromatic rings. The second-order valence-electron chi connectivity index (χ2n) is 8.16. The van der Waals surface area contributed by atoms with E-state index in [0.29, 0.717) is 18.0 Å². The Labute approximate surface area is 154 Å². The quantitative estimate of drug-likeness (QED) is 0.794. The molecule has 0 unspecified atom stereocenters. The Hall–Kier alpha value is -1.95. The van der Waals surface area contributed by atoms with Gasteiger partial charge in [0.15, 0.2) is 0 Å².